The number of benzene rings is 1. The Bertz CT molecular complexity index is 532. The van der Waals surface area contributed by atoms with Crippen LogP contribution in [0.15, 0.2) is 15.5 Å². The lowest BCUT2D eigenvalue weighted by molar-refractivity contribution is 0.243. The third-order valence-electron chi connectivity index (χ3n) is 3.51. The Hall–Kier alpha value is -1.32. The van der Waals surface area contributed by atoms with Gasteiger partial charge in [-0.25, -0.2) is 4.79 Å². The predicted molar refractivity (Wildman–Crippen MR) is 70.7 cm³/mol. The molecule has 96 valence electrons. The molecular weight excluding hydrogens is 298 g/mol. The molecule has 1 N–H and O–H groups in total. The van der Waals surface area contributed by atoms with Gasteiger partial charge in [0.05, 0.1) is 7.11 Å². The van der Waals surface area contributed by atoms with Crippen molar-refractivity contribution in [3.8, 4) is 11.5 Å². The minimum Gasteiger partial charge on any atom is -0.504 e. The Morgan fingerprint density at radius 1 is 1.56 bits per heavy atom. The smallest absolute Gasteiger partial charge is 0.235 e. The summed E-state index contributed by atoms with van der Waals surface area (Å²) in [6.07, 6.45) is 4.08. The second-order valence-corrected chi connectivity index (χ2v) is 5.31. The Kier molecular flexibility index (Phi) is 3.46. The highest BCUT2D eigenvalue weighted by atomic mass is 79.9. The van der Waals surface area contributed by atoms with Crippen LogP contribution in [0.4, 0.5) is 0 Å². The van der Waals surface area contributed by atoms with Crippen molar-refractivity contribution in [3.63, 3.8) is 0 Å². The van der Waals surface area contributed by atoms with E-state index in [9.17, 15) is 9.90 Å². The van der Waals surface area contributed by atoms with Crippen LogP contribution in [-0.2, 0) is 10.3 Å². The number of carbonyl (C=O) groups excluding carboxylic acids is 1. The molecule has 5 heteroatoms. The van der Waals surface area contributed by atoms with E-state index in [4.69, 9.17) is 4.74 Å². The number of methoxy groups -OCH3 is 1. The van der Waals surface area contributed by atoms with Gasteiger partial charge in [0, 0.05) is 10.0 Å². The number of hydrogen-bond acceptors (Lipinski definition) is 4. The average Bonchev–Trinajstić information content (AvgIpc) is 2.30. The number of hydrogen-bond donors (Lipinski definition) is 1. The highest BCUT2D eigenvalue weighted by Crippen LogP contribution is 2.53. The van der Waals surface area contributed by atoms with Gasteiger partial charge in [-0.3, -0.25) is 0 Å². The van der Waals surface area contributed by atoms with Crippen LogP contribution in [0, 0.1) is 6.92 Å². The highest BCUT2D eigenvalue weighted by Gasteiger charge is 2.43. The predicted octanol–water partition coefficient (Wildman–Crippen LogP) is 3.19. The second-order valence-electron chi connectivity index (χ2n) is 4.52. The lowest BCUT2D eigenvalue weighted by atomic mass is 9.71. The number of aryl methyl sites for hydroxylation is 1. The first-order chi connectivity index (χ1) is 8.55. The van der Waals surface area contributed by atoms with Crippen molar-refractivity contribution in [2.75, 3.05) is 7.11 Å². The number of phenols is 1. The normalized spacial score (nSPS) is 16.6. The van der Waals surface area contributed by atoms with Crippen LogP contribution in [0.25, 0.3) is 0 Å². The van der Waals surface area contributed by atoms with E-state index in [1.54, 1.807) is 12.1 Å². The van der Waals surface area contributed by atoms with E-state index in [0.29, 0.717) is 11.3 Å². The number of halogens is 1. The monoisotopic (exact) mass is 311 g/mol. The summed E-state index contributed by atoms with van der Waals surface area (Å²) >= 11 is 3.47. The molecule has 18 heavy (non-hydrogen) atoms. The van der Waals surface area contributed by atoms with Crippen LogP contribution in [0.5, 0.6) is 11.5 Å². The van der Waals surface area contributed by atoms with Crippen molar-refractivity contribution >= 4 is 22.0 Å². The molecule has 0 amide bonds. The molecule has 1 aliphatic carbocycles. The van der Waals surface area contributed by atoms with E-state index >= 15 is 0 Å². The number of aliphatic imine (C=N–C) groups is 1. The van der Waals surface area contributed by atoms with Gasteiger partial charge in [0.1, 0.15) is 5.54 Å². The van der Waals surface area contributed by atoms with Crippen LogP contribution in [0.1, 0.15) is 30.4 Å². The Labute approximate surface area is 114 Å². The second kappa shape index (κ2) is 4.75. The van der Waals surface area contributed by atoms with Crippen molar-refractivity contribution in [2.45, 2.75) is 31.7 Å². The first-order valence-corrected chi connectivity index (χ1v) is 6.50. The molecule has 2 rings (SSSR count). The quantitative estimate of drug-likeness (QED) is 0.689. The van der Waals surface area contributed by atoms with Crippen molar-refractivity contribution in [1.29, 1.82) is 0 Å². The SMILES string of the molecule is COc1cc(C)c(Br)c(C2(N=C=O)CCC2)c1O. The molecule has 0 saturated heterocycles. The fourth-order valence-corrected chi connectivity index (χ4v) is 3.02. The van der Waals surface area contributed by atoms with E-state index in [-0.39, 0.29) is 5.75 Å². The summed E-state index contributed by atoms with van der Waals surface area (Å²) in [6, 6.07) is 1.75. The number of nitrogens with zero attached hydrogens (tertiary/aromatic N) is 1. The molecule has 0 unspecified atom stereocenters. The fourth-order valence-electron chi connectivity index (χ4n) is 2.35. The third kappa shape index (κ3) is 1.84. The molecule has 1 aromatic rings. The van der Waals surface area contributed by atoms with Gasteiger partial charge in [-0.1, -0.05) is 15.9 Å². The van der Waals surface area contributed by atoms with Gasteiger partial charge in [0.25, 0.3) is 0 Å². The average molecular weight is 312 g/mol. The fraction of sp³-hybridized carbons (Fsp3) is 0.462. The van der Waals surface area contributed by atoms with E-state index in [1.807, 2.05) is 6.92 Å². The Balaban J connectivity index is 2.69. The van der Waals surface area contributed by atoms with Gasteiger partial charge in [-0.05, 0) is 37.8 Å². The van der Waals surface area contributed by atoms with E-state index in [2.05, 4.69) is 20.9 Å². The van der Waals surface area contributed by atoms with E-state index in [1.165, 1.54) is 7.11 Å². The maximum atomic E-state index is 10.6. The number of isocyanates is 1. The number of rotatable bonds is 3. The maximum Gasteiger partial charge on any atom is 0.235 e. The molecule has 1 aliphatic rings. The minimum absolute atomic E-state index is 0.0497. The van der Waals surface area contributed by atoms with Crippen molar-refractivity contribution in [3.05, 3.63) is 21.7 Å². The molecule has 0 aliphatic heterocycles. The summed E-state index contributed by atoms with van der Waals surface area (Å²) in [6.45, 7) is 1.91. The third-order valence-corrected chi connectivity index (χ3v) is 4.53. The lowest BCUT2D eigenvalue weighted by Gasteiger charge is -2.38. The van der Waals surface area contributed by atoms with Crippen molar-refractivity contribution in [2.24, 2.45) is 4.99 Å². The first-order valence-electron chi connectivity index (χ1n) is 5.71. The topological polar surface area (TPSA) is 58.9 Å². The summed E-state index contributed by atoms with van der Waals surface area (Å²) in [7, 11) is 1.50. The van der Waals surface area contributed by atoms with Crippen LogP contribution in [0.3, 0.4) is 0 Å². The van der Waals surface area contributed by atoms with Gasteiger partial charge in [-0.2, -0.15) is 4.99 Å². The highest BCUT2D eigenvalue weighted by molar-refractivity contribution is 9.10. The number of ether oxygens (including phenoxy) is 1. The summed E-state index contributed by atoms with van der Waals surface area (Å²) in [5.41, 5.74) is 0.922. The summed E-state index contributed by atoms with van der Waals surface area (Å²) < 4.78 is 5.93. The van der Waals surface area contributed by atoms with Gasteiger partial charge >= 0.3 is 0 Å². The summed E-state index contributed by atoms with van der Waals surface area (Å²) in [5.74, 6) is 0.451. The van der Waals surface area contributed by atoms with Crippen LogP contribution < -0.4 is 4.74 Å². The molecule has 0 atom stereocenters. The molecule has 1 aromatic carbocycles. The zero-order valence-electron chi connectivity index (χ0n) is 10.3. The van der Waals surface area contributed by atoms with Crippen molar-refractivity contribution < 1.29 is 14.6 Å². The molecule has 1 saturated carbocycles. The summed E-state index contributed by atoms with van der Waals surface area (Å²) in [4.78, 5) is 14.5. The maximum absolute atomic E-state index is 10.6. The van der Waals surface area contributed by atoms with E-state index in [0.717, 1.165) is 29.3 Å². The number of aromatic hydroxyl groups is 1. The standard InChI is InChI=1S/C13H14BrNO3/c1-8-6-9(18-2)12(17)10(11(8)14)13(15-7-16)4-3-5-13/h6,17H,3-5H2,1-2H3. The molecule has 0 spiro atoms. The van der Waals surface area contributed by atoms with Gasteiger partial charge in [0.15, 0.2) is 11.5 Å². The first kappa shape index (κ1) is 13.1. The van der Waals surface area contributed by atoms with Gasteiger partial charge in [-0.15, -0.1) is 0 Å². The summed E-state index contributed by atoms with van der Waals surface area (Å²) in [5, 5.41) is 10.3. The molecule has 0 heterocycles. The van der Waals surface area contributed by atoms with Crippen molar-refractivity contribution in [1.82, 2.24) is 0 Å². The molecule has 0 aromatic heterocycles. The van der Waals surface area contributed by atoms with Gasteiger partial charge < -0.3 is 9.84 Å². The van der Waals surface area contributed by atoms with E-state index < -0.39 is 5.54 Å². The number of phenolic OH excluding ortho intramolecular Hbond substituents is 1. The zero-order valence-corrected chi connectivity index (χ0v) is 11.9. The zero-order chi connectivity index (χ0) is 13.3. The molecule has 0 radical (unpaired) electrons. The largest absolute Gasteiger partial charge is 0.504 e. The Morgan fingerprint density at radius 2 is 2.22 bits per heavy atom. The Morgan fingerprint density at radius 3 is 2.67 bits per heavy atom. The molecular formula is C13H14BrNO3. The van der Waals surface area contributed by atoms with Crippen LogP contribution in [0.2, 0.25) is 0 Å². The van der Waals surface area contributed by atoms with Crippen LogP contribution in [-0.4, -0.2) is 18.3 Å². The molecule has 4 nitrogen and oxygen atoms in total. The van der Waals surface area contributed by atoms with Gasteiger partial charge in [0.2, 0.25) is 6.08 Å². The van der Waals surface area contributed by atoms with Crippen LogP contribution >= 0.6 is 15.9 Å². The minimum atomic E-state index is -0.649. The lowest BCUT2D eigenvalue weighted by Crippen LogP contribution is -2.32. The molecule has 0 bridgehead atoms. The molecule has 1 fully saturated rings.